The molecule has 0 bridgehead atoms. The number of aromatic nitrogens is 1. The van der Waals surface area contributed by atoms with Gasteiger partial charge in [-0.1, -0.05) is 25.8 Å². The summed E-state index contributed by atoms with van der Waals surface area (Å²) in [4.78, 5) is 3.71. The molecule has 1 aromatic heterocycles. The fourth-order valence-corrected chi connectivity index (χ4v) is 2.27. The second-order valence-electron chi connectivity index (χ2n) is 4.34. The lowest BCUT2D eigenvalue weighted by molar-refractivity contribution is 0.340. The summed E-state index contributed by atoms with van der Waals surface area (Å²) in [5, 5.41) is 0. The van der Waals surface area contributed by atoms with Crippen molar-refractivity contribution < 1.29 is 4.39 Å². The predicted octanol–water partition coefficient (Wildman–Crippen LogP) is 3.51. The van der Waals surface area contributed by atoms with E-state index in [1.54, 1.807) is 0 Å². The van der Waals surface area contributed by atoms with E-state index in [-0.39, 0.29) is 5.95 Å². The highest BCUT2D eigenvalue weighted by molar-refractivity contribution is 5.16. The van der Waals surface area contributed by atoms with Gasteiger partial charge in [-0.25, -0.2) is 4.98 Å². The van der Waals surface area contributed by atoms with Gasteiger partial charge >= 0.3 is 0 Å². The first-order chi connectivity index (χ1) is 6.77. The maximum absolute atomic E-state index is 13.4. The summed E-state index contributed by atoms with van der Waals surface area (Å²) in [6, 6.07) is 3.71. The van der Waals surface area contributed by atoms with Crippen molar-refractivity contribution >= 4 is 0 Å². The van der Waals surface area contributed by atoms with Gasteiger partial charge in [0, 0.05) is 11.8 Å². The zero-order chi connectivity index (χ0) is 9.97. The summed E-state index contributed by atoms with van der Waals surface area (Å²) in [7, 11) is 0. The Morgan fingerprint density at radius 3 is 2.64 bits per heavy atom. The van der Waals surface area contributed by atoms with Crippen LogP contribution in [0.4, 0.5) is 4.39 Å². The molecule has 0 aromatic carbocycles. The molecule has 2 heteroatoms. The highest BCUT2D eigenvalue weighted by Gasteiger charge is 2.22. The van der Waals surface area contributed by atoms with Crippen LogP contribution in [-0.2, 0) is 0 Å². The van der Waals surface area contributed by atoms with Gasteiger partial charge in [-0.2, -0.15) is 4.39 Å². The number of pyridine rings is 1. The first-order valence-electron chi connectivity index (χ1n) is 5.38. The molecule has 1 fully saturated rings. The van der Waals surface area contributed by atoms with Crippen LogP contribution in [0.2, 0.25) is 0 Å². The summed E-state index contributed by atoms with van der Waals surface area (Å²) in [6.45, 7) is 2.27. The van der Waals surface area contributed by atoms with Gasteiger partial charge < -0.3 is 0 Å². The van der Waals surface area contributed by atoms with Gasteiger partial charge in [0.05, 0.1) is 0 Å². The van der Waals surface area contributed by atoms with Gasteiger partial charge in [-0.15, -0.1) is 0 Å². The number of hydrogen-bond acceptors (Lipinski definition) is 1. The number of rotatable bonds is 1. The van der Waals surface area contributed by atoms with Crippen LogP contribution in [0.15, 0.2) is 18.3 Å². The normalized spacial score (nSPS) is 27.6. The maximum Gasteiger partial charge on any atom is 0.216 e. The summed E-state index contributed by atoms with van der Waals surface area (Å²) in [6.07, 6.45) is 6.19. The number of hydrogen-bond donors (Lipinski definition) is 0. The second-order valence-corrected chi connectivity index (χ2v) is 4.34. The molecule has 0 amide bonds. The minimum absolute atomic E-state index is 0.271. The van der Waals surface area contributed by atoms with Crippen molar-refractivity contribution in [2.75, 3.05) is 0 Å². The Morgan fingerprint density at radius 1 is 1.29 bits per heavy atom. The van der Waals surface area contributed by atoms with Crippen molar-refractivity contribution in [1.82, 2.24) is 4.98 Å². The van der Waals surface area contributed by atoms with Crippen LogP contribution in [0.5, 0.6) is 0 Å². The molecular weight excluding hydrogens is 177 g/mol. The summed E-state index contributed by atoms with van der Waals surface area (Å²) >= 11 is 0. The van der Waals surface area contributed by atoms with Crippen LogP contribution in [-0.4, -0.2) is 4.98 Å². The topological polar surface area (TPSA) is 12.9 Å². The van der Waals surface area contributed by atoms with E-state index >= 15 is 0 Å². The van der Waals surface area contributed by atoms with E-state index in [1.807, 2.05) is 12.1 Å². The molecule has 1 nitrogen and oxygen atoms in total. The van der Waals surface area contributed by atoms with E-state index < -0.39 is 0 Å². The number of halogens is 1. The van der Waals surface area contributed by atoms with Gasteiger partial charge in [0.1, 0.15) is 0 Å². The lowest BCUT2D eigenvalue weighted by Gasteiger charge is -2.26. The monoisotopic (exact) mass is 193 g/mol. The lowest BCUT2D eigenvalue weighted by atomic mass is 9.80. The standard InChI is InChI=1S/C12H16FN/c1-9-4-6-10(7-5-9)11-3-2-8-14-12(11)13/h2-3,8-10H,4-7H2,1H3. The van der Waals surface area contributed by atoms with Crippen LogP contribution >= 0.6 is 0 Å². The summed E-state index contributed by atoms with van der Waals surface area (Å²) in [5.74, 6) is 0.943. The Labute approximate surface area is 84.4 Å². The van der Waals surface area contributed by atoms with E-state index in [9.17, 15) is 4.39 Å². The molecule has 0 N–H and O–H groups in total. The molecule has 0 saturated heterocycles. The first kappa shape index (κ1) is 9.63. The molecule has 0 aliphatic heterocycles. The molecule has 0 atom stereocenters. The second kappa shape index (κ2) is 4.07. The van der Waals surface area contributed by atoms with Crippen molar-refractivity contribution in [3.8, 4) is 0 Å². The zero-order valence-electron chi connectivity index (χ0n) is 8.54. The molecule has 2 rings (SSSR count). The Kier molecular flexibility index (Phi) is 2.80. The van der Waals surface area contributed by atoms with Crippen LogP contribution < -0.4 is 0 Å². The molecule has 0 unspecified atom stereocenters. The van der Waals surface area contributed by atoms with Gasteiger partial charge in [-0.3, -0.25) is 0 Å². The van der Waals surface area contributed by atoms with Gasteiger partial charge in [0.25, 0.3) is 0 Å². The van der Waals surface area contributed by atoms with Crippen molar-refractivity contribution in [1.29, 1.82) is 0 Å². The molecule has 1 aromatic rings. The summed E-state index contributed by atoms with van der Waals surface area (Å²) < 4.78 is 13.4. The van der Waals surface area contributed by atoms with Crippen LogP contribution in [0.1, 0.15) is 44.1 Å². The van der Waals surface area contributed by atoms with E-state index in [4.69, 9.17) is 0 Å². The summed E-state index contributed by atoms with van der Waals surface area (Å²) in [5.41, 5.74) is 0.819. The average molecular weight is 193 g/mol. The third kappa shape index (κ3) is 1.94. The van der Waals surface area contributed by atoms with Crippen molar-refractivity contribution in [3.05, 3.63) is 29.8 Å². The minimum atomic E-state index is -0.271. The number of nitrogens with zero attached hydrogens (tertiary/aromatic N) is 1. The quantitative estimate of drug-likeness (QED) is 0.622. The lowest BCUT2D eigenvalue weighted by Crippen LogP contribution is -2.12. The third-order valence-electron chi connectivity index (χ3n) is 3.24. The van der Waals surface area contributed by atoms with Crippen molar-refractivity contribution in [3.63, 3.8) is 0 Å². The zero-order valence-corrected chi connectivity index (χ0v) is 8.54. The fourth-order valence-electron chi connectivity index (χ4n) is 2.27. The van der Waals surface area contributed by atoms with Crippen molar-refractivity contribution in [2.24, 2.45) is 5.92 Å². The fraction of sp³-hybridized carbons (Fsp3) is 0.583. The Bertz CT molecular complexity index is 303. The molecule has 0 spiro atoms. The Morgan fingerprint density at radius 2 is 2.00 bits per heavy atom. The molecule has 1 saturated carbocycles. The molecule has 1 heterocycles. The SMILES string of the molecule is CC1CCC(c2cccnc2F)CC1. The van der Waals surface area contributed by atoms with Gasteiger partial charge in [-0.05, 0) is 30.7 Å². The molecule has 0 radical (unpaired) electrons. The third-order valence-corrected chi connectivity index (χ3v) is 3.24. The maximum atomic E-state index is 13.4. The van der Waals surface area contributed by atoms with Crippen molar-refractivity contribution in [2.45, 2.75) is 38.5 Å². The largest absolute Gasteiger partial charge is 0.228 e. The first-order valence-corrected chi connectivity index (χ1v) is 5.38. The van der Waals surface area contributed by atoms with Crippen LogP contribution in [0.25, 0.3) is 0 Å². The Hall–Kier alpha value is -0.920. The van der Waals surface area contributed by atoms with E-state index in [0.29, 0.717) is 5.92 Å². The minimum Gasteiger partial charge on any atom is -0.228 e. The van der Waals surface area contributed by atoms with Gasteiger partial charge in [0.15, 0.2) is 0 Å². The highest BCUT2D eigenvalue weighted by atomic mass is 19.1. The van der Waals surface area contributed by atoms with Crippen LogP contribution in [0.3, 0.4) is 0 Å². The average Bonchev–Trinajstić information content (AvgIpc) is 2.20. The molecule has 14 heavy (non-hydrogen) atoms. The molecular formula is C12H16FN. The van der Waals surface area contributed by atoms with E-state index in [2.05, 4.69) is 11.9 Å². The molecule has 76 valence electrons. The predicted molar refractivity (Wildman–Crippen MR) is 54.6 cm³/mol. The van der Waals surface area contributed by atoms with Crippen LogP contribution in [0, 0.1) is 11.9 Å². The van der Waals surface area contributed by atoms with Gasteiger partial charge in [0.2, 0.25) is 5.95 Å². The van der Waals surface area contributed by atoms with E-state index in [0.717, 1.165) is 24.3 Å². The highest BCUT2D eigenvalue weighted by Crippen LogP contribution is 2.35. The Balaban J connectivity index is 2.12. The molecule has 1 aliphatic rings. The smallest absolute Gasteiger partial charge is 0.216 e. The van der Waals surface area contributed by atoms with E-state index in [1.165, 1.54) is 19.0 Å². The molecule has 1 aliphatic carbocycles.